The standard InChI is InChI=1S/C67H97F3N16O30S/c68-67(69,70)65(116)86(26-32-24-75-55-54(76-32)62(111)85-66(71)84-55)33-3-1-31(2-4-33)56(105)82-44(63(112)113)8-14-51(100)77-39(5-11-48(97)72-19-17-34(90)21-36(92)27-87)57(106)80-42(9-15-52(101)102)59(108)78-40(6-12-49(98)73-20-18-35(91)22-37(93)28-88)58(107)81-43(10-16-53(103)104)60(109)79-41(61(110)83-45(30-117)64(114)115)7-13-50(99)74-25-47(96)46(95)23-38(94)29-89/h1-4,24,34-47,87-96,117H,5-23,25-30H2,(H,72,97)(H,73,98)(H,74,99)(H,77,100)(H,78,108)(H,79,109)(H,80,106)(H,81,107)(H,82,105)(H,83,110)(H,101,102)(H,103,104)(H,112,113)(H,114,115)(H3,71,75,84,85,111)/t34-,35-,36+,37+,38+,39+,40+,41+,42-,43-,44-,45-,46+,47+/m1/s1. The highest BCUT2D eigenvalue weighted by Crippen LogP contribution is 2.27. The summed E-state index contributed by atoms with van der Waals surface area (Å²) in [5.74, 6) is -22.5. The number of carboxylic acid groups (broad SMARTS) is 4. The minimum absolute atomic E-state index is 0.164. The fraction of sp³-hybridized carbons (Fsp3) is 0.597. The molecule has 0 saturated carbocycles. The molecule has 3 aromatic rings. The average molecular weight is 1700 g/mol. The zero-order chi connectivity index (χ0) is 88.0. The van der Waals surface area contributed by atoms with E-state index >= 15 is 0 Å². The molecule has 0 aliphatic carbocycles. The van der Waals surface area contributed by atoms with Gasteiger partial charge in [0.15, 0.2) is 11.2 Å². The van der Waals surface area contributed by atoms with E-state index in [9.17, 15) is 151 Å². The van der Waals surface area contributed by atoms with Crippen molar-refractivity contribution in [1.82, 2.24) is 73.1 Å². The van der Waals surface area contributed by atoms with Crippen molar-refractivity contribution in [1.29, 1.82) is 0 Å². The number of carboxylic acids is 4. The molecule has 117 heavy (non-hydrogen) atoms. The Labute approximate surface area is 666 Å². The number of rotatable bonds is 55. The van der Waals surface area contributed by atoms with Crippen molar-refractivity contribution in [3.05, 3.63) is 52.1 Å². The van der Waals surface area contributed by atoms with E-state index in [0.717, 1.165) is 30.5 Å². The molecule has 652 valence electrons. The number of nitrogen functional groups attached to an aromatic ring is 1. The number of carbonyl (C=O) groups is 15. The number of carbonyl (C=O) groups excluding carboxylic acids is 11. The molecule has 0 spiro atoms. The first-order chi connectivity index (χ1) is 55.0. The summed E-state index contributed by atoms with van der Waals surface area (Å²) < 4.78 is 42.0. The molecule has 3 rings (SSSR count). The monoisotopic (exact) mass is 1690 g/mol. The number of nitrogens with two attached hydrogens (primary N) is 1. The van der Waals surface area contributed by atoms with E-state index in [1.54, 1.807) is 0 Å². The number of aromatic nitrogens is 4. The number of alkyl halides is 3. The number of anilines is 2. The highest BCUT2D eigenvalue weighted by molar-refractivity contribution is 7.80. The van der Waals surface area contributed by atoms with Gasteiger partial charge in [-0.15, -0.1) is 0 Å². The summed E-state index contributed by atoms with van der Waals surface area (Å²) in [6, 6.07) is -10.6. The average Bonchev–Trinajstić information content (AvgIpc) is 0.781. The Morgan fingerprint density at radius 1 is 0.479 bits per heavy atom. The first kappa shape index (κ1) is 100. The molecule has 2 heterocycles. The summed E-state index contributed by atoms with van der Waals surface area (Å²) in [6.45, 7) is -4.52. The maximum atomic E-state index is 14.6. The largest absolute Gasteiger partial charge is 0.481 e. The number of aromatic amines is 1. The molecule has 0 bridgehead atoms. The molecule has 0 fully saturated rings. The van der Waals surface area contributed by atoms with Crippen molar-refractivity contribution < 1.29 is 157 Å². The highest BCUT2D eigenvalue weighted by Gasteiger charge is 2.44. The van der Waals surface area contributed by atoms with Crippen LogP contribution < -0.4 is 69.4 Å². The minimum atomic E-state index is -5.51. The summed E-state index contributed by atoms with van der Waals surface area (Å²) in [6.07, 6.45) is -26.5. The van der Waals surface area contributed by atoms with Gasteiger partial charge in [-0.2, -0.15) is 30.8 Å². The van der Waals surface area contributed by atoms with Gasteiger partial charge in [0, 0.05) is 94.4 Å². The molecular weight excluding hydrogens is 1600 g/mol. The number of halogens is 3. The SMILES string of the molecule is Nc1nc2ncc(CN(C(=O)C(F)(F)F)c3ccc(C(=O)N[C@H](CCC(=O)N[C@@H](CCC(=O)NCC[C@@H](O)C[C@H](O)CO)C(=O)N[C@H](CCC(=O)O)C(=O)N[C@@H](CCC(=O)NCC[C@@H](O)C[C@H](O)CO)C(=O)N[C@H](CCC(=O)O)C(=O)N[C@@H](CCC(=O)NC[C@H](O)[C@@H](O)C[C@H](O)CO)C(=O)N[C@H](CS)C(=O)O)C(=O)O)cc3)nc2c(=O)[nH]1. The van der Waals surface area contributed by atoms with Crippen molar-refractivity contribution in [3.63, 3.8) is 0 Å². The number of thiol groups is 1. The predicted octanol–water partition coefficient (Wildman–Crippen LogP) is -8.85. The Hall–Kier alpha value is -11.0. The summed E-state index contributed by atoms with van der Waals surface area (Å²) in [4.78, 5) is 226. The van der Waals surface area contributed by atoms with Gasteiger partial charge in [0.1, 0.15) is 42.3 Å². The number of hydrogen-bond donors (Lipinski definition) is 27. The first-order valence-corrected chi connectivity index (χ1v) is 36.6. The number of hydrogen-bond acceptors (Lipinski definition) is 31. The lowest BCUT2D eigenvalue weighted by Gasteiger charge is -2.27. The molecule has 0 aliphatic rings. The molecule has 1 aromatic carbocycles. The summed E-state index contributed by atoms with van der Waals surface area (Å²) >= 11 is 3.89. The second-order valence-corrected chi connectivity index (χ2v) is 26.9. The third-order valence-corrected chi connectivity index (χ3v) is 17.4. The number of aliphatic hydroxyl groups excluding tert-OH is 10. The van der Waals surface area contributed by atoms with Crippen molar-refractivity contribution in [2.24, 2.45) is 0 Å². The van der Waals surface area contributed by atoms with Crippen LogP contribution >= 0.6 is 12.6 Å². The summed E-state index contributed by atoms with van der Waals surface area (Å²) in [5, 5.41) is 159. The number of aliphatic hydroxyl groups is 10. The summed E-state index contributed by atoms with van der Waals surface area (Å²) in [5.41, 5.74) is 2.53. The number of amides is 11. The van der Waals surface area contributed by atoms with Gasteiger partial charge in [0.05, 0.1) is 81.0 Å². The Bertz CT molecular complexity index is 3950. The van der Waals surface area contributed by atoms with Crippen LogP contribution in [-0.2, 0) is 73.7 Å². The molecule has 11 amide bonds. The van der Waals surface area contributed by atoms with Crippen LogP contribution in [0.1, 0.15) is 125 Å². The normalized spacial score (nSPS) is 15.0. The molecule has 0 aliphatic heterocycles. The van der Waals surface area contributed by atoms with E-state index in [4.69, 9.17) is 15.9 Å². The van der Waals surface area contributed by atoms with Crippen LogP contribution in [0.4, 0.5) is 24.8 Å². The number of H-pyrrole nitrogens is 1. The number of nitrogens with one attached hydrogen (secondary N) is 11. The smallest absolute Gasteiger partial charge is 0.471 e. The summed E-state index contributed by atoms with van der Waals surface area (Å²) in [7, 11) is 0. The van der Waals surface area contributed by atoms with Crippen LogP contribution in [-0.4, -0.2) is 317 Å². The number of nitrogens with zero attached hydrogens (tertiary/aromatic N) is 4. The Morgan fingerprint density at radius 3 is 1.28 bits per heavy atom. The molecule has 0 saturated heterocycles. The minimum Gasteiger partial charge on any atom is -0.481 e. The third-order valence-electron chi connectivity index (χ3n) is 17.0. The highest BCUT2D eigenvalue weighted by atomic mass is 32.1. The van der Waals surface area contributed by atoms with Gasteiger partial charge >= 0.3 is 36.0 Å². The molecule has 14 atom stereocenters. The van der Waals surface area contributed by atoms with Gasteiger partial charge in [0.25, 0.3) is 11.5 Å². The van der Waals surface area contributed by atoms with Crippen LogP contribution in [0, 0.1) is 0 Å². The number of benzene rings is 1. The fourth-order valence-electron chi connectivity index (χ4n) is 10.6. The second-order valence-electron chi connectivity index (χ2n) is 26.5. The lowest BCUT2D eigenvalue weighted by Crippen LogP contribution is -2.59. The van der Waals surface area contributed by atoms with E-state index < -0.39 is 325 Å². The number of fused-ring (bicyclic) bond motifs is 1. The van der Waals surface area contributed by atoms with E-state index in [0.29, 0.717) is 0 Å². The first-order valence-electron chi connectivity index (χ1n) is 36.0. The lowest BCUT2D eigenvalue weighted by molar-refractivity contribution is -0.170. The van der Waals surface area contributed by atoms with E-state index in [-0.39, 0.29) is 61.0 Å². The number of aliphatic carboxylic acids is 4. The van der Waals surface area contributed by atoms with Gasteiger partial charge in [-0.05, 0) is 75.6 Å². The zero-order valence-electron chi connectivity index (χ0n) is 62.4. The van der Waals surface area contributed by atoms with Crippen LogP contribution in [0.3, 0.4) is 0 Å². The molecule has 27 N–H and O–H groups in total. The molecule has 2 aromatic heterocycles. The van der Waals surface area contributed by atoms with Crippen molar-refractivity contribution >= 4 is 124 Å². The zero-order valence-corrected chi connectivity index (χ0v) is 63.3. The third kappa shape index (κ3) is 37.2. The second kappa shape index (κ2) is 50.5. The lowest BCUT2D eigenvalue weighted by atomic mass is 10.0. The Kier molecular flexibility index (Phi) is 43.3. The molecule has 50 heteroatoms. The predicted molar refractivity (Wildman–Crippen MR) is 394 cm³/mol. The van der Waals surface area contributed by atoms with Crippen LogP contribution in [0.2, 0.25) is 0 Å². The van der Waals surface area contributed by atoms with Gasteiger partial charge in [0.2, 0.25) is 59.1 Å². The maximum absolute atomic E-state index is 14.6. The van der Waals surface area contributed by atoms with Gasteiger partial charge in [-0.3, -0.25) is 77.0 Å². The van der Waals surface area contributed by atoms with Crippen LogP contribution in [0.15, 0.2) is 35.3 Å². The molecule has 0 unspecified atom stereocenters. The van der Waals surface area contributed by atoms with Crippen LogP contribution in [0.25, 0.3) is 11.2 Å². The Morgan fingerprint density at radius 2 is 0.872 bits per heavy atom. The Balaban J connectivity index is 2.05. The van der Waals surface area contributed by atoms with Crippen molar-refractivity contribution in [2.75, 3.05) is 55.8 Å². The molecule has 0 radical (unpaired) electrons. The molecule has 46 nitrogen and oxygen atoms in total. The van der Waals surface area contributed by atoms with Gasteiger partial charge in [-0.25, -0.2) is 19.6 Å². The topological polar surface area (TPSA) is 760 Å². The maximum Gasteiger partial charge on any atom is 0.471 e. The van der Waals surface area contributed by atoms with E-state index in [1.165, 1.54) is 0 Å². The van der Waals surface area contributed by atoms with E-state index in [1.807, 2.05) is 0 Å². The van der Waals surface area contributed by atoms with E-state index in [2.05, 4.69) is 85.7 Å². The van der Waals surface area contributed by atoms with Crippen molar-refractivity contribution in [3.8, 4) is 0 Å². The van der Waals surface area contributed by atoms with Crippen LogP contribution in [0.5, 0.6) is 0 Å². The quantitative estimate of drug-likeness (QED) is 0.0233. The van der Waals surface area contributed by atoms with Crippen molar-refractivity contribution in [2.45, 2.75) is 207 Å². The van der Waals surface area contributed by atoms with Gasteiger partial charge < -0.3 is 130 Å². The fourth-order valence-corrected chi connectivity index (χ4v) is 10.9. The molecular formula is C67H97F3N16O30S. The van der Waals surface area contributed by atoms with Gasteiger partial charge in [-0.1, -0.05) is 0 Å².